The number of hydrogen-bond acceptors (Lipinski definition) is 3. The highest BCUT2D eigenvalue weighted by atomic mass is 19.4. The molecule has 0 saturated heterocycles. The number of amides is 1. The molecule has 0 fully saturated rings. The van der Waals surface area contributed by atoms with Crippen molar-refractivity contribution in [2.75, 3.05) is 11.4 Å². The summed E-state index contributed by atoms with van der Waals surface area (Å²) in [7, 11) is 0. The van der Waals surface area contributed by atoms with Crippen molar-refractivity contribution in [2.45, 2.75) is 24.6 Å². The van der Waals surface area contributed by atoms with Gasteiger partial charge in [-0.05, 0) is 36.2 Å². The number of ketones is 1. The van der Waals surface area contributed by atoms with E-state index in [4.69, 9.17) is 0 Å². The highest BCUT2D eigenvalue weighted by Gasteiger charge is 2.50. The first-order valence-electron chi connectivity index (χ1n) is 11.1. The number of rotatable bonds is 6. The van der Waals surface area contributed by atoms with E-state index < -0.39 is 35.5 Å². The van der Waals surface area contributed by atoms with Gasteiger partial charge in [-0.25, -0.2) is 0 Å². The van der Waals surface area contributed by atoms with Crippen molar-refractivity contribution in [2.24, 2.45) is 0 Å². The largest absolute Gasteiger partial charge is 0.416 e. The van der Waals surface area contributed by atoms with Gasteiger partial charge in [0, 0.05) is 34.8 Å². The van der Waals surface area contributed by atoms with Crippen molar-refractivity contribution < 1.29 is 27.9 Å². The van der Waals surface area contributed by atoms with Crippen LogP contribution in [0.1, 0.15) is 33.5 Å². The Bertz CT molecular complexity index is 1440. The number of carbonyl (C=O) groups is 2. The van der Waals surface area contributed by atoms with E-state index >= 15 is 0 Å². The summed E-state index contributed by atoms with van der Waals surface area (Å²) < 4.78 is 39.3. The molecule has 8 heteroatoms. The molecule has 1 aliphatic rings. The maximum atomic E-state index is 13.4. The van der Waals surface area contributed by atoms with Gasteiger partial charge >= 0.3 is 6.18 Å². The first kappa shape index (κ1) is 22.9. The molecule has 35 heavy (non-hydrogen) atoms. The molecular weight excluding hydrogens is 457 g/mol. The number of H-pyrrole nitrogens is 1. The Morgan fingerprint density at radius 3 is 2.54 bits per heavy atom. The summed E-state index contributed by atoms with van der Waals surface area (Å²) >= 11 is 0. The van der Waals surface area contributed by atoms with Crippen LogP contribution in [-0.4, -0.2) is 28.3 Å². The fourth-order valence-corrected chi connectivity index (χ4v) is 4.67. The number of aliphatic hydroxyl groups is 1. The molecule has 1 aliphatic heterocycles. The van der Waals surface area contributed by atoms with Crippen molar-refractivity contribution in [3.8, 4) is 0 Å². The van der Waals surface area contributed by atoms with Gasteiger partial charge in [0.25, 0.3) is 5.91 Å². The molecule has 0 radical (unpaired) electrons. The van der Waals surface area contributed by atoms with E-state index in [9.17, 15) is 27.9 Å². The molecule has 2 N–H and O–H groups in total. The number of alkyl halides is 3. The van der Waals surface area contributed by atoms with Gasteiger partial charge in [0.05, 0.1) is 17.7 Å². The first-order chi connectivity index (χ1) is 16.7. The van der Waals surface area contributed by atoms with Crippen molar-refractivity contribution in [1.82, 2.24) is 4.98 Å². The molecular formula is C27H21F3N2O3. The zero-order valence-electron chi connectivity index (χ0n) is 18.5. The molecule has 0 saturated carbocycles. The van der Waals surface area contributed by atoms with Gasteiger partial charge in [-0.3, -0.25) is 9.59 Å². The average molecular weight is 478 g/mol. The van der Waals surface area contributed by atoms with E-state index in [0.29, 0.717) is 12.1 Å². The summed E-state index contributed by atoms with van der Waals surface area (Å²) in [5.74, 6) is -1.42. The van der Waals surface area contributed by atoms with Crippen molar-refractivity contribution in [3.05, 3.63) is 101 Å². The second-order valence-electron chi connectivity index (χ2n) is 8.62. The lowest BCUT2D eigenvalue weighted by atomic mass is 9.88. The monoisotopic (exact) mass is 478 g/mol. The zero-order chi connectivity index (χ0) is 24.8. The van der Waals surface area contributed by atoms with Crippen LogP contribution in [0, 0.1) is 0 Å². The number of hydrogen-bond donors (Lipinski definition) is 2. The molecule has 0 spiro atoms. The lowest BCUT2D eigenvalue weighted by molar-refractivity contribution is -0.137. The Morgan fingerprint density at radius 1 is 1.00 bits per heavy atom. The SMILES string of the molecule is O=C(C[C@]1(O)C(=O)N(CCc2c[nH]c3ccccc23)c2ccccc21)c1cccc(C(F)(F)F)c1. The van der Waals surface area contributed by atoms with Gasteiger partial charge in [-0.2, -0.15) is 13.2 Å². The summed E-state index contributed by atoms with van der Waals surface area (Å²) in [4.78, 5) is 31.0. The molecule has 2 heterocycles. The smallest absolute Gasteiger partial charge is 0.375 e. The summed E-state index contributed by atoms with van der Waals surface area (Å²) in [6.07, 6.45) is -2.89. The Balaban J connectivity index is 1.42. The maximum Gasteiger partial charge on any atom is 0.416 e. The first-order valence-corrected chi connectivity index (χ1v) is 11.1. The van der Waals surface area contributed by atoms with E-state index in [2.05, 4.69) is 4.98 Å². The molecule has 1 amide bonds. The molecule has 4 aromatic rings. The number of Topliss-reactive ketones (excluding diaryl/α,β-unsaturated/α-hetero) is 1. The summed E-state index contributed by atoms with van der Waals surface area (Å²) in [5, 5.41) is 12.5. The highest BCUT2D eigenvalue weighted by molar-refractivity contribution is 6.10. The Labute approximate surface area is 198 Å². The average Bonchev–Trinajstić information content (AvgIpc) is 3.35. The van der Waals surface area contributed by atoms with E-state index in [1.165, 1.54) is 11.0 Å². The van der Waals surface area contributed by atoms with Gasteiger partial charge in [-0.1, -0.05) is 48.5 Å². The van der Waals surface area contributed by atoms with Crippen LogP contribution in [0.2, 0.25) is 0 Å². The van der Waals surface area contributed by atoms with Crippen LogP contribution in [0.15, 0.2) is 79.0 Å². The molecule has 178 valence electrons. The number of nitrogens with one attached hydrogen (secondary N) is 1. The van der Waals surface area contributed by atoms with E-state index in [1.54, 1.807) is 24.3 Å². The Morgan fingerprint density at radius 2 is 1.74 bits per heavy atom. The van der Waals surface area contributed by atoms with Crippen LogP contribution in [0.3, 0.4) is 0 Å². The van der Waals surface area contributed by atoms with Crippen molar-refractivity contribution in [1.29, 1.82) is 0 Å². The number of benzene rings is 3. The van der Waals surface area contributed by atoms with Crippen LogP contribution in [0.25, 0.3) is 10.9 Å². The van der Waals surface area contributed by atoms with Crippen LogP contribution in [0.5, 0.6) is 0 Å². The molecule has 5 nitrogen and oxygen atoms in total. The molecule has 5 rings (SSSR count). The minimum Gasteiger partial charge on any atom is -0.375 e. The highest BCUT2D eigenvalue weighted by Crippen LogP contribution is 2.43. The minimum absolute atomic E-state index is 0.212. The molecule has 3 aromatic carbocycles. The predicted octanol–water partition coefficient (Wildman–Crippen LogP) is 5.24. The second kappa shape index (κ2) is 8.39. The van der Waals surface area contributed by atoms with Crippen LogP contribution in [0.4, 0.5) is 18.9 Å². The quantitative estimate of drug-likeness (QED) is 0.373. The third-order valence-electron chi connectivity index (χ3n) is 6.45. The normalized spacial score (nSPS) is 17.7. The lowest BCUT2D eigenvalue weighted by Crippen LogP contribution is -2.42. The lowest BCUT2D eigenvalue weighted by Gasteiger charge is -2.23. The van der Waals surface area contributed by atoms with Gasteiger partial charge < -0.3 is 15.0 Å². The molecule has 1 aromatic heterocycles. The van der Waals surface area contributed by atoms with Gasteiger partial charge in [-0.15, -0.1) is 0 Å². The van der Waals surface area contributed by atoms with Crippen molar-refractivity contribution >= 4 is 28.3 Å². The maximum absolute atomic E-state index is 13.4. The summed E-state index contributed by atoms with van der Waals surface area (Å²) in [6, 6.07) is 18.4. The van der Waals surface area contributed by atoms with E-state index in [-0.39, 0.29) is 17.7 Å². The molecule has 0 bridgehead atoms. The standard InChI is InChI=1S/C27H21F3N2O3/c28-27(29,30)19-7-5-6-17(14-19)24(33)15-26(35)21-9-2-4-11-23(21)32(25(26)34)13-12-18-16-31-22-10-3-1-8-20(18)22/h1-11,14,16,31,35H,12-13,15H2/t26-/m1/s1. The minimum atomic E-state index is -4.61. The fraction of sp³-hybridized carbons (Fsp3) is 0.185. The van der Waals surface area contributed by atoms with Crippen LogP contribution < -0.4 is 4.90 Å². The topological polar surface area (TPSA) is 73.4 Å². The van der Waals surface area contributed by atoms with E-state index in [0.717, 1.165) is 34.7 Å². The number of anilines is 1. The summed E-state index contributed by atoms with van der Waals surface area (Å²) in [5.41, 5.74) is -0.618. The molecule has 1 atom stereocenters. The molecule has 0 unspecified atom stereocenters. The Kier molecular flexibility index (Phi) is 5.48. The third-order valence-corrected chi connectivity index (χ3v) is 6.45. The Hall–Kier alpha value is -3.91. The number of carbonyl (C=O) groups excluding carboxylic acids is 2. The second-order valence-corrected chi connectivity index (χ2v) is 8.62. The fourth-order valence-electron chi connectivity index (χ4n) is 4.67. The van der Waals surface area contributed by atoms with E-state index in [1.807, 2.05) is 30.5 Å². The number of para-hydroxylation sites is 2. The number of fused-ring (bicyclic) bond motifs is 2. The molecule has 0 aliphatic carbocycles. The van der Waals surface area contributed by atoms with Gasteiger partial charge in [0.2, 0.25) is 0 Å². The zero-order valence-corrected chi connectivity index (χ0v) is 18.5. The number of halogens is 3. The van der Waals surface area contributed by atoms with Crippen LogP contribution in [-0.2, 0) is 23.0 Å². The number of aromatic nitrogens is 1. The number of aromatic amines is 1. The predicted molar refractivity (Wildman–Crippen MR) is 125 cm³/mol. The van der Waals surface area contributed by atoms with Crippen molar-refractivity contribution in [3.63, 3.8) is 0 Å². The van der Waals surface area contributed by atoms with Gasteiger partial charge in [0.15, 0.2) is 11.4 Å². The summed E-state index contributed by atoms with van der Waals surface area (Å²) in [6.45, 7) is 0.262. The number of nitrogens with zero attached hydrogens (tertiary/aromatic N) is 1. The third kappa shape index (κ3) is 4.00. The van der Waals surface area contributed by atoms with Gasteiger partial charge in [0.1, 0.15) is 0 Å². The van der Waals surface area contributed by atoms with Crippen LogP contribution >= 0.6 is 0 Å².